The highest BCUT2D eigenvalue weighted by atomic mass is 35.5. The van der Waals surface area contributed by atoms with Gasteiger partial charge in [-0.25, -0.2) is 8.42 Å². The fraction of sp³-hybridized carbons (Fsp3) is 0.455. The molecule has 0 atom stereocenters. The molecule has 168 valence electrons. The number of amides is 1. The van der Waals surface area contributed by atoms with Crippen LogP contribution in [0.15, 0.2) is 35.2 Å². The molecule has 3 rings (SSSR count). The number of hydrogen-bond donors (Lipinski definition) is 0. The minimum absolute atomic E-state index is 0.163. The summed E-state index contributed by atoms with van der Waals surface area (Å²) in [5, 5.41) is 4.98. The standard InChI is InChI=1S/C22H29ClN4O3S/c1-4-5-12-27-22(23)20(18(3)24-27)10-11-21(28)25-13-15-26(16-14-25)31(29,30)19-8-6-17(2)7-9-19/h6-11H,4-5,12-16H2,1-3H3/b11-10+. The summed E-state index contributed by atoms with van der Waals surface area (Å²) >= 11 is 6.42. The molecule has 0 radical (unpaired) electrons. The van der Waals surface area contributed by atoms with E-state index in [0.29, 0.717) is 18.2 Å². The number of nitrogens with zero attached hydrogens (tertiary/aromatic N) is 4. The maximum atomic E-state index is 12.8. The number of sulfonamides is 1. The van der Waals surface area contributed by atoms with E-state index >= 15 is 0 Å². The van der Waals surface area contributed by atoms with Crippen molar-refractivity contribution >= 4 is 33.6 Å². The summed E-state index contributed by atoms with van der Waals surface area (Å²) in [6.07, 6.45) is 5.22. The van der Waals surface area contributed by atoms with E-state index in [1.165, 1.54) is 10.4 Å². The number of hydrogen-bond acceptors (Lipinski definition) is 4. The fourth-order valence-electron chi connectivity index (χ4n) is 3.48. The molecule has 0 aliphatic carbocycles. The Kier molecular flexibility index (Phi) is 7.56. The van der Waals surface area contributed by atoms with Crippen LogP contribution in [0, 0.1) is 13.8 Å². The van der Waals surface area contributed by atoms with Crippen LogP contribution >= 0.6 is 11.6 Å². The molecule has 1 aromatic carbocycles. The van der Waals surface area contributed by atoms with Gasteiger partial charge in [0.05, 0.1) is 10.6 Å². The number of halogens is 1. The van der Waals surface area contributed by atoms with E-state index in [4.69, 9.17) is 11.6 Å². The van der Waals surface area contributed by atoms with Crippen molar-refractivity contribution in [2.75, 3.05) is 26.2 Å². The highest BCUT2D eigenvalue weighted by Gasteiger charge is 2.29. The highest BCUT2D eigenvalue weighted by molar-refractivity contribution is 7.89. The van der Waals surface area contributed by atoms with Crippen molar-refractivity contribution in [3.8, 4) is 0 Å². The molecule has 9 heteroatoms. The largest absolute Gasteiger partial charge is 0.337 e. The molecule has 1 aliphatic rings. The molecule has 0 bridgehead atoms. The van der Waals surface area contributed by atoms with Crippen LogP contribution in [0.25, 0.3) is 6.08 Å². The van der Waals surface area contributed by atoms with Gasteiger partial charge in [0.15, 0.2) is 0 Å². The fourth-order valence-corrected chi connectivity index (χ4v) is 5.22. The summed E-state index contributed by atoms with van der Waals surface area (Å²) in [4.78, 5) is 14.6. The number of unbranched alkanes of at least 4 members (excludes halogenated alkanes) is 1. The highest BCUT2D eigenvalue weighted by Crippen LogP contribution is 2.22. The topological polar surface area (TPSA) is 75.5 Å². The lowest BCUT2D eigenvalue weighted by Gasteiger charge is -2.33. The maximum Gasteiger partial charge on any atom is 0.246 e. The molecule has 2 aromatic rings. The first-order chi connectivity index (χ1) is 14.7. The number of piperazine rings is 1. The molecule has 1 aliphatic heterocycles. The third-order valence-corrected chi connectivity index (χ3v) is 7.75. The van der Waals surface area contributed by atoms with Crippen LogP contribution in [0.1, 0.15) is 36.6 Å². The van der Waals surface area contributed by atoms with Crippen molar-refractivity contribution in [1.82, 2.24) is 19.0 Å². The van der Waals surface area contributed by atoms with E-state index in [2.05, 4.69) is 12.0 Å². The summed E-state index contributed by atoms with van der Waals surface area (Å²) in [7, 11) is -3.55. The second-order valence-corrected chi connectivity index (χ2v) is 10.0. The molecule has 0 N–H and O–H groups in total. The van der Waals surface area contributed by atoms with Crippen LogP contribution in [0.5, 0.6) is 0 Å². The van der Waals surface area contributed by atoms with Crippen molar-refractivity contribution in [2.45, 2.75) is 45.1 Å². The first-order valence-electron chi connectivity index (χ1n) is 10.5. The smallest absolute Gasteiger partial charge is 0.246 e. The summed E-state index contributed by atoms with van der Waals surface area (Å²) in [6, 6.07) is 6.82. The molecular formula is C22H29ClN4O3S. The second kappa shape index (κ2) is 9.97. The summed E-state index contributed by atoms with van der Waals surface area (Å²) < 4.78 is 28.8. The van der Waals surface area contributed by atoms with Gasteiger partial charge in [-0.15, -0.1) is 0 Å². The van der Waals surface area contributed by atoms with E-state index in [0.717, 1.165) is 36.2 Å². The first kappa shape index (κ1) is 23.5. The van der Waals surface area contributed by atoms with E-state index in [-0.39, 0.29) is 23.9 Å². The SMILES string of the molecule is CCCCn1nc(C)c(/C=C/C(=O)N2CCN(S(=O)(=O)c3ccc(C)cc3)CC2)c1Cl. The summed E-state index contributed by atoms with van der Waals surface area (Å²) in [6.45, 7) is 7.86. The Labute approximate surface area is 189 Å². The van der Waals surface area contributed by atoms with Gasteiger partial charge in [-0.2, -0.15) is 9.40 Å². The Bertz CT molecular complexity index is 1050. The van der Waals surface area contributed by atoms with Gasteiger partial charge in [-0.05, 0) is 38.5 Å². The minimum atomic E-state index is -3.55. The Hall–Kier alpha value is -2.16. The Morgan fingerprint density at radius 1 is 1.13 bits per heavy atom. The van der Waals surface area contributed by atoms with Crippen LogP contribution in [0.3, 0.4) is 0 Å². The average molecular weight is 465 g/mol. The quantitative estimate of drug-likeness (QED) is 0.588. The molecule has 2 heterocycles. The van der Waals surface area contributed by atoms with Gasteiger partial charge in [-0.3, -0.25) is 9.48 Å². The van der Waals surface area contributed by atoms with Crippen LogP contribution in [0.4, 0.5) is 0 Å². The van der Waals surface area contributed by atoms with E-state index < -0.39 is 10.0 Å². The van der Waals surface area contributed by atoms with Crippen LogP contribution < -0.4 is 0 Å². The molecule has 0 spiro atoms. The molecule has 1 fully saturated rings. The third-order valence-electron chi connectivity index (χ3n) is 5.43. The Morgan fingerprint density at radius 2 is 1.77 bits per heavy atom. The van der Waals surface area contributed by atoms with E-state index in [1.54, 1.807) is 39.9 Å². The predicted octanol–water partition coefficient (Wildman–Crippen LogP) is 3.50. The van der Waals surface area contributed by atoms with Gasteiger partial charge in [0.1, 0.15) is 5.15 Å². The number of carbonyl (C=O) groups is 1. The molecule has 1 aromatic heterocycles. The van der Waals surface area contributed by atoms with Gasteiger partial charge in [0.2, 0.25) is 15.9 Å². The summed E-state index contributed by atoms with van der Waals surface area (Å²) in [5.74, 6) is -0.163. The number of benzene rings is 1. The van der Waals surface area contributed by atoms with Crippen molar-refractivity contribution in [3.63, 3.8) is 0 Å². The average Bonchev–Trinajstić information content (AvgIpc) is 3.03. The zero-order valence-electron chi connectivity index (χ0n) is 18.2. The monoisotopic (exact) mass is 464 g/mol. The van der Waals surface area contributed by atoms with Gasteiger partial charge in [0, 0.05) is 44.4 Å². The number of rotatable bonds is 7. The first-order valence-corrected chi connectivity index (χ1v) is 12.3. The van der Waals surface area contributed by atoms with Gasteiger partial charge in [-0.1, -0.05) is 42.6 Å². The zero-order chi connectivity index (χ0) is 22.6. The molecule has 1 amide bonds. The predicted molar refractivity (Wildman–Crippen MR) is 122 cm³/mol. The van der Waals surface area contributed by atoms with Crippen LogP contribution in [-0.4, -0.2) is 59.5 Å². The number of aromatic nitrogens is 2. The van der Waals surface area contributed by atoms with Crippen molar-refractivity contribution in [1.29, 1.82) is 0 Å². The normalized spacial score (nSPS) is 15.7. The van der Waals surface area contributed by atoms with Crippen molar-refractivity contribution in [3.05, 3.63) is 52.3 Å². The Morgan fingerprint density at radius 3 is 2.39 bits per heavy atom. The molecule has 7 nitrogen and oxygen atoms in total. The third kappa shape index (κ3) is 5.37. The number of aryl methyl sites for hydroxylation is 3. The lowest BCUT2D eigenvalue weighted by atomic mass is 10.2. The van der Waals surface area contributed by atoms with E-state index in [9.17, 15) is 13.2 Å². The Balaban J connectivity index is 1.62. The van der Waals surface area contributed by atoms with Crippen LogP contribution in [0.2, 0.25) is 5.15 Å². The van der Waals surface area contributed by atoms with Gasteiger partial charge < -0.3 is 4.90 Å². The second-order valence-electron chi connectivity index (χ2n) is 7.74. The van der Waals surface area contributed by atoms with Crippen LogP contribution in [-0.2, 0) is 21.4 Å². The maximum absolute atomic E-state index is 12.8. The zero-order valence-corrected chi connectivity index (χ0v) is 19.8. The molecule has 31 heavy (non-hydrogen) atoms. The van der Waals surface area contributed by atoms with Crippen molar-refractivity contribution in [2.24, 2.45) is 0 Å². The van der Waals surface area contributed by atoms with Gasteiger partial charge in [0.25, 0.3) is 0 Å². The number of carbonyl (C=O) groups excluding carboxylic acids is 1. The molecule has 0 saturated carbocycles. The van der Waals surface area contributed by atoms with Gasteiger partial charge >= 0.3 is 0 Å². The minimum Gasteiger partial charge on any atom is -0.337 e. The molecule has 0 unspecified atom stereocenters. The van der Waals surface area contributed by atoms with Crippen molar-refractivity contribution < 1.29 is 13.2 Å². The van der Waals surface area contributed by atoms with E-state index in [1.807, 2.05) is 13.8 Å². The molecule has 1 saturated heterocycles. The summed E-state index contributed by atoms with van der Waals surface area (Å²) in [5.41, 5.74) is 2.53. The molecular weight excluding hydrogens is 436 g/mol. The lowest BCUT2D eigenvalue weighted by Crippen LogP contribution is -2.50. The lowest BCUT2D eigenvalue weighted by molar-refractivity contribution is -0.127.